The van der Waals surface area contributed by atoms with Crippen molar-refractivity contribution in [2.45, 2.75) is 56.1 Å². The maximum absolute atomic E-state index is 13.3. The molecule has 2 unspecified atom stereocenters. The lowest BCUT2D eigenvalue weighted by Crippen LogP contribution is -2.26. The number of carbonyl (C=O) groups excluding carboxylic acids is 1. The Morgan fingerprint density at radius 1 is 1.30 bits per heavy atom. The molecule has 2 atom stereocenters. The van der Waals surface area contributed by atoms with Crippen LogP contribution in [0.3, 0.4) is 0 Å². The van der Waals surface area contributed by atoms with Crippen molar-refractivity contribution in [2.75, 3.05) is 6.61 Å². The number of hydrogen-bond donors (Lipinski definition) is 2. The number of ether oxygens (including phenoxy) is 2. The van der Waals surface area contributed by atoms with Gasteiger partial charge in [-0.1, -0.05) is 0 Å². The summed E-state index contributed by atoms with van der Waals surface area (Å²) in [5.41, 5.74) is 8.16. The van der Waals surface area contributed by atoms with Crippen LogP contribution in [0.1, 0.15) is 60.9 Å². The van der Waals surface area contributed by atoms with Crippen LogP contribution in [0.4, 0.5) is 0 Å². The maximum atomic E-state index is 13.3. The van der Waals surface area contributed by atoms with Crippen LogP contribution < -0.4 is 15.8 Å². The number of aromatic nitrogens is 4. The summed E-state index contributed by atoms with van der Waals surface area (Å²) in [5, 5.41) is 2.83. The Labute approximate surface area is 191 Å². The van der Waals surface area contributed by atoms with Gasteiger partial charge in [0.25, 0.3) is 5.91 Å². The minimum Gasteiger partial charge on any atom is -0.489 e. The average Bonchev–Trinajstić information content (AvgIpc) is 3.28. The highest BCUT2D eigenvalue weighted by atomic mass is 16.5. The first kappa shape index (κ1) is 20.2. The van der Waals surface area contributed by atoms with Crippen LogP contribution in [0.15, 0.2) is 43.1 Å². The topological polar surface area (TPSA) is 117 Å². The fourth-order valence-corrected chi connectivity index (χ4v) is 4.95. The van der Waals surface area contributed by atoms with Crippen LogP contribution in [0, 0.1) is 0 Å². The van der Waals surface area contributed by atoms with Gasteiger partial charge in [-0.3, -0.25) is 4.79 Å². The summed E-state index contributed by atoms with van der Waals surface area (Å²) in [6, 6.07) is 3.55. The van der Waals surface area contributed by atoms with Crippen LogP contribution in [-0.4, -0.2) is 43.6 Å². The largest absolute Gasteiger partial charge is 0.489 e. The van der Waals surface area contributed by atoms with E-state index < -0.39 is 0 Å². The molecule has 2 bridgehead atoms. The molecule has 2 aliphatic carbocycles. The van der Waals surface area contributed by atoms with Gasteiger partial charge in [-0.25, -0.2) is 15.0 Å². The van der Waals surface area contributed by atoms with E-state index in [1.807, 2.05) is 16.7 Å². The molecule has 170 valence electrons. The van der Waals surface area contributed by atoms with Crippen molar-refractivity contribution in [3.8, 4) is 5.75 Å². The summed E-state index contributed by atoms with van der Waals surface area (Å²) in [5.74, 6) is 0.512. The molecule has 0 spiro atoms. The molecule has 0 aromatic carbocycles. The first-order valence-corrected chi connectivity index (χ1v) is 11.3. The maximum Gasteiger partial charge on any atom is 0.261 e. The van der Waals surface area contributed by atoms with Crippen LogP contribution >= 0.6 is 0 Å². The van der Waals surface area contributed by atoms with Gasteiger partial charge < -0.3 is 24.9 Å². The Hall–Kier alpha value is -3.46. The van der Waals surface area contributed by atoms with Gasteiger partial charge in [-0.15, -0.1) is 0 Å². The quantitative estimate of drug-likeness (QED) is 0.598. The van der Waals surface area contributed by atoms with Crippen molar-refractivity contribution in [3.63, 3.8) is 0 Å². The molecule has 3 aromatic rings. The number of nitrogens with one attached hydrogen (secondary N) is 1. The van der Waals surface area contributed by atoms with E-state index in [0.717, 1.165) is 43.4 Å². The monoisotopic (exact) mass is 446 g/mol. The van der Waals surface area contributed by atoms with Crippen LogP contribution in [-0.2, 0) is 10.2 Å². The van der Waals surface area contributed by atoms with Crippen molar-refractivity contribution in [1.29, 1.82) is 0 Å². The molecule has 1 saturated heterocycles. The second-order valence-corrected chi connectivity index (χ2v) is 9.56. The second-order valence-electron chi connectivity index (χ2n) is 9.56. The predicted molar refractivity (Wildman–Crippen MR) is 120 cm³/mol. The number of amides is 1. The Morgan fingerprint density at radius 3 is 2.76 bits per heavy atom. The van der Waals surface area contributed by atoms with E-state index in [1.165, 1.54) is 6.20 Å². The smallest absolute Gasteiger partial charge is 0.261 e. The van der Waals surface area contributed by atoms with E-state index in [-0.39, 0.29) is 23.0 Å². The van der Waals surface area contributed by atoms with Crippen LogP contribution in [0.5, 0.6) is 5.75 Å². The van der Waals surface area contributed by atoms with Crippen molar-refractivity contribution in [2.24, 2.45) is 5.73 Å². The van der Waals surface area contributed by atoms with Crippen molar-refractivity contribution >= 4 is 17.3 Å². The molecule has 0 radical (unpaired) electrons. The summed E-state index contributed by atoms with van der Waals surface area (Å²) < 4.78 is 14.1. The fraction of sp³-hybridized carbons (Fsp3) is 0.417. The zero-order chi connectivity index (χ0) is 22.6. The number of hydrogen-bond acceptors (Lipinski definition) is 7. The number of nitrogens with two attached hydrogens (primary N) is 1. The molecule has 4 heterocycles. The lowest BCUT2D eigenvalue weighted by molar-refractivity contribution is -0.00627. The summed E-state index contributed by atoms with van der Waals surface area (Å²) in [6.07, 6.45) is 13.5. The SMILES string of the molecule is CC12CCC(c3cn4cc(C(=O)N/C(=C/N)c5ncccn5)c(OC5CC5)cc4n3)(CO1)C2. The molecular weight excluding hydrogens is 420 g/mol. The molecule has 9 nitrogen and oxygen atoms in total. The minimum absolute atomic E-state index is 0.0500. The number of fused-ring (bicyclic) bond motifs is 3. The molecule has 1 amide bonds. The van der Waals surface area contributed by atoms with Crippen molar-refractivity contribution in [1.82, 2.24) is 24.7 Å². The number of imidazole rings is 1. The second kappa shape index (κ2) is 7.28. The zero-order valence-electron chi connectivity index (χ0n) is 18.5. The average molecular weight is 447 g/mol. The van der Waals surface area contributed by atoms with Gasteiger partial charge in [0.1, 0.15) is 17.1 Å². The third kappa shape index (κ3) is 3.52. The molecule has 2 saturated carbocycles. The van der Waals surface area contributed by atoms with E-state index in [4.69, 9.17) is 20.2 Å². The number of carbonyl (C=O) groups is 1. The highest BCUT2D eigenvalue weighted by Gasteiger charge is 2.55. The van der Waals surface area contributed by atoms with Crippen LogP contribution in [0.2, 0.25) is 0 Å². The number of rotatable bonds is 6. The van der Waals surface area contributed by atoms with Gasteiger partial charge in [-0.2, -0.15) is 0 Å². The highest BCUT2D eigenvalue weighted by Crippen LogP contribution is 2.53. The fourth-order valence-electron chi connectivity index (χ4n) is 4.95. The first-order chi connectivity index (χ1) is 16.0. The molecule has 33 heavy (non-hydrogen) atoms. The highest BCUT2D eigenvalue weighted by molar-refractivity contribution is 6.01. The zero-order valence-corrected chi connectivity index (χ0v) is 18.5. The van der Waals surface area contributed by atoms with Gasteiger partial charge in [0, 0.05) is 42.5 Å². The van der Waals surface area contributed by atoms with Gasteiger partial charge in [0.2, 0.25) is 0 Å². The van der Waals surface area contributed by atoms with Gasteiger partial charge in [0.15, 0.2) is 5.82 Å². The number of nitrogens with zero attached hydrogens (tertiary/aromatic N) is 4. The number of pyridine rings is 1. The van der Waals surface area contributed by atoms with E-state index in [1.54, 1.807) is 24.7 Å². The van der Waals surface area contributed by atoms with Crippen molar-refractivity contribution in [3.05, 3.63) is 60.2 Å². The van der Waals surface area contributed by atoms with Crippen LogP contribution in [0.25, 0.3) is 11.3 Å². The summed E-state index contributed by atoms with van der Waals surface area (Å²) in [4.78, 5) is 26.6. The third-order valence-corrected chi connectivity index (χ3v) is 6.92. The predicted octanol–water partition coefficient (Wildman–Crippen LogP) is 2.56. The molecule has 3 aliphatic rings. The van der Waals surface area contributed by atoms with E-state index >= 15 is 0 Å². The third-order valence-electron chi connectivity index (χ3n) is 6.92. The Kier molecular flexibility index (Phi) is 4.45. The Balaban J connectivity index is 1.36. The Morgan fingerprint density at radius 2 is 2.12 bits per heavy atom. The summed E-state index contributed by atoms with van der Waals surface area (Å²) >= 11 is 0. The molecule has 9 heteroatoms. The lowest BCUT2D eigenvalue weighted by Gasteiger charge is -2.24. The van der Waals surface area contributed by atoms with E-state index in [9.17, 15) is 4.79 Å². The summed E-state index contributed by atoms with van der Waals surface area (Å²) in [7, 11) is 0. The normalized spacial score (nSPS) is 26.6. The minimum atomic E-state index is -0.345. The van der Waals surface area contributed by atoms with E-state index in [0.29, 0.717) is 29.4 Å². The molecule has 6 rings (SSSR count). The molecule has 1 aliphatic heterocycles. The van der Waals surface area contributed by atoms with Gasteiger partial charge in [0.05, 0.1) is 29.6 Å². The molecule has 3 fully saturated rings. The van der Waals surface area contributed by atoms with Gasteiger partial charge >= 0.3 is 0 Å². The molecule has 3 aromatic heterocycles. The standard InChI is InChI=1S/C24H26N6O3/c1-23-5-6-24(13-23,14-32-23)19-12-30-11-16(18(9-20(30)29-19)33-15-3-4-15)22(31)28-17(10-25)21-26-7-2-8-27-21/h2,7-12,15H,3-6,13-14,25H2,1H3,(H,28,31)/b17-10+. The van der Waals surface area contributed by atoms with Crippen molar-refractivity contribution < 1.29 is 14.3 Å². The first-order valence-electron chi connectivity index (χ1n) is 11.3. The van der Waals surface area contributed by atoms with E-state index in [2.05, 4.69) is 22.2 Å². The lowest BCUT2D eigenvalue weighted by atomic mass is 9.84. The summed E-state index contributed by atoms with van der Waals surface area (Å²) in [6.45, 7) is 2.87. The Bertz CT molecular complexity index is 1260. The molecule has 3 N–H and O–H groups in total. The van der Waals surface area contributed by atoms with Gasteiger partial charge in [-0.05, 0) is 45.1 Å². The molecular formula is C24H26N6O3.